The number of nitrogens with one attached hydrogen (secondary N) is 2. The second kappa shape index (κ2) is 9.72. The van der Waals surface area contributed by atoms with Gasteiger partial charge in [-0.1, -0.05) is 23.7 Å². The van der Waals surface area contributed by atoms with Gasteiger partial charge in [0.15, 0.2) is 0 Å². The van der Waals surface area contributed by atoms with Crippen molar-refractivity contribution in [3.63, 3.8) is 0 Å². The van der Waals surface area contributed by atoms with Crippen molar-refractivity contribution in [3.8, 4) is 0 Å². The smallest absolute Gasteiger partial charge is 0.338 e. The molecule has 2 aromatic rings. The summed E-state index contributed by atoms with van der Waals surface area (Å²) < 4.78 is 4.96. The van der Waals surface area contributed by atoms with Gasteiger partial charge >= 0.3 is 5.97 Å². The summed E-state index contributed by atoms with van der Waals surface area (Å²) >= 11 is 5.94. The lowest BCUT2D eigenvalue weighted by atomic mass is 9.98. The zero-order valence-electron chi connectivity index (χ0n) is 18.3. The van der Waals surface area contributed by atoms with Crippen LogP contribution >= 0.6 is 11.6 Å². The lowest BCUT2D eigenvalue weighted by Gasteiger charge is -2.36. The molecular formula is C24H25ClN4O4. The minimum atomic E-state index is -0.623. The van der Waals surface area contributed by atoms with Gasteiger partial charge in [0.1, 0.15) is 11.4 Å². The summed E-state index contributed by atoms with van der Waals surface area (Å²) in [7, 11) is 0. The molecule has 172 valence electrons. The fourth-order valence-corrected chi connectivity index (χ4v) is 4.12. The fourth-order valence-electron chi connectivity index (χ4n) is 3.99. The van der Waals surface area contributed by atoms with Crippen LogP contribution in [0.25, 0.3) is 0 Å². The van der Waals surface area contributed by atoms with Crippen molar-refractivity contribution in [2.75, 3.05) is 31.6 Å². The van der Waals surface area contributed by atoms with Crippen molar-refractivity contribution in [3.05, 3.63) is 64.7 Å². The highest BCUT2D eigenvalue weighted by atomic mass is 35.5. The third-order valence-corrected chi connectivity index (χ3v) is 5.99. The zero-order valence-corrected chi connectivity index (χ0v) is 19.0. The number of halogens is 1. The largest absolute Gasteiger partial charge is 0.462 e. The molecule has 0 unspecified atom stereocenters. The Bertz CT molecular complexity index is 1070. The van der Waals surface area contributed by atoms with Gasteiger partial charge in [-0.2, -0.15) is 0 Å². The number of carbonyl (C=O) groups is 3. The molecule has 1 spiro atoms. The summed E-state index contributed by atoms with van der Waals surface area (Å²) in [5.41, 5.74) is 1.59. The van der Waals surface area contributed by atoms with E-state index >= 15 is 0 Å². The van der Waals surface area contributed by atoms with Gasteiger partial charge in [0, 0.05) is 42.2 Å². The Morgan fingerprint density at radius 3 is 2.42 bits per heavy atom. The third kappa shape index (κ3) is 5.40. The van der Waals surface area contributed by atoms with Gasteiger partial charge in [0.2, 0.25) is 5.91 Å². The minimum absolute atomic E-state index is 0.143. The molecule has 2 aliphatic rings. The van der Waals surface area contributed by atoms with E-state index in [1.54, 1.807) is 55.5 Å². The Morgan fingerprint density at radius 1 is 1.12 bits per heavy atom. The molecule has 0 saturated carbocycles. The quantitative estimate of drug-likeness (QED) is 0.635. The maximum Gasteiger partial charge on any atom is 0.338 e. The summed E-state index contributed by atoms with van der Waals surface area (Å²) in [5, 5.41) is 6.48. The Hall–Kier alpha value is -3.23. The van der Waals surface area contributed by atoms with Gasteiger partial charge in [-0.05, 0) is 43.3 Å². The molecule has 4 rings (SSSR count). The van der Waals surface area contributed by atoms with Gasteiger partial charge < -0.3 is 15.4 Å². The number of hydrogen-bond acceptors (Lipinski definition) is 6. The second-order valence-electron chi connectivity index (χ2n) is 8.08. The number of ether oxygens (including phenoxy) is 1. The molecule has 2 amide bonds. The van der Waals surface area contributed by atoms with E-state index in [9.17, 15) is 14.4 Å². The average Bonchev–Trinajstić information content (AvgIpc) is 3.12. The molecule has 2 aliphatic heterocycles. The van der Waals surface area contributed by atoms with Gasteiger partial charge in [-0.25, -0.2) is 4.79 Å². The Kier molecular flexibility index (Phi) is 6.76. The first-order valence-electron chi connectivity index (χ1n) is 10.9. The van der Waals surface area contributed by atoms with E-state index in [0.29, 0.717) is 54.5 Å². The van der Waals surface area contributed by atoms with Crippen LogP contribution in [-0.4, -0.2) is 60.3 Å². The molecule has 9 heteroatoms. The lowest BCUT2D eigenvalue weighted by molar-refractivity contribution is -0.119. The minimum Gasteiger partial charge on any atom is -0.462 e. The van der Waals surface area contributed by atoms with Crippen molar-refractivity contribution < 1.29 is 19.1 Å². The van der Waals surface area contributed by atoms with Crippen LogP contribution in [0, 0.1) is 0 Å². The summed E-state index contributed by atoms with van der Waals surface area (Å²) in [6, 6.07) is 13.7. The molecule has 0 radical (unpaired) electrons. The zero-order chi connectivity index (χ0) is 23.4. The molecule has 0 aliphatic carbocycles. The van der Waals surface area contributed by atoms with Crippen LogP contribution in [0.3, 0.4) is 0 Å². The van der Waals surface area contributed by atoms with Crippen LogP contribution in [0.15, 0.2) is 53.5 Å². The number of nitrogens with zero attached hydrogens (tertiary/aromatic N) is 2. The number of rotatable bonds is 6. The van der Waals surface area contributed by atoms with Crippen LogP contribution in [-0.2, 0) is 14.3 Å². The number of carbonyl (C=O) groups excluding carboxylic acids is 3. The highest BCUT2D eigenvalue weighted by molar-refractivity contribution is 6.47. The number of anilines is 1. The highest BCUT2D eigenvalue weighted by Crippen LogP contribution is 2.29. The normalized spacial score (nSPS) is 17.4. The van der Waals surface area contributed by atoms with E-state index in [-0.39, 0.29) is 18.4 Å². The van der Waals surface area contributed by atoms with Crippen molar-refractivity contribution in [1.82, 2.24) is 10.2 Å². The fraction of sp³-hybridized carbons (Fsp3) is 0.333. The van der Waals surface area contributed by atoms with Crippen LogP contribution in [0.2, 0.25) is 5.02 Å². The predicted molar refractivity (Wildman–Crippen MR) is 126 cm³/mol. The van der Waals surface area contributed by atoms with E-state index in [1.807, 2.05) is 4.90 Å². The van der Waals surface area contributed by atoms with Crippen LogP contribution in [0.5, 0.6) is 0 Å². The second-order valence-corrected chi connectivity index (χ2v) is 8.51. The first-order valence-corrected chi connectivity index (χ1v) is 11.2. The van der Waals surface area contributed by atoms with E-state index < -0.39 is 11.6 Å². The first-order chi connectivity index (χ1) is 15.9. The van der Waals surface area contributed by atoms with Crippen molar-refractivity contribution in [2.45, 2.75) is 25.4 Å². The average molecular weight is 469 g/mol. The molecule has 2 N–H and O–H groups in total. The summed E-state index contributed by atoms with van der Waals surface area (Å²) in [6.07, 6.45) is 1.24. The summed E-state index contributed by atoms with van der Waals surface area (Å²) in [5.74, 6) is -0.719. The van der Waals surface area contributed by atoms with E-state index in [0.717, 1.165) is 5.56 Å². The van der Waals surface area contributed by atoms with Crippen molar-refractivity contribution in [2.24, 2.45) is 4.99 Å². The topological polar surface area (TPSA) is 100 Å². The van der Waals surface area contributed by atoms with E-state index in [1.165, 1.54) is 0 Å². The summed E-state index contributed by atoms with van der Waals surface area (Å²) in [6.45, 7) is 3.56. The maximum atomic E-state index is 12.5. The Morgan fingerprint density at radius 2 is 1.79 bits per heavy atom. The molecular weight excluding hydrogens is 444 g/mol. The summed E-state index contributed by atoms with van der Waals surface area (Å²) in [4.78, 5) is 43.5. The predicted octanol–water partition coefficient (Wildman–Crippen LogP) is 2.87. The first kappa shape index (κ1) is 22.9. The third-order valence-electron chi connectivity index (χ3n) is 5.73. The van der Waals surface area contributed by atoms with Crippen LogP contribution in [0.1, 0.15) is 35.7 Å². The maximum absolute atomic E-state index is 12.5. The van der Waals surface area contributed by atoms with Gasteiger partial charge in [-0.15, -0.1) is 0 Å². The lowest BCUT2D eigenvalue weighted by Crippen LogP contribution is -2.52. The van der Waals surface area contributed by atoms with Crippen LogP contribution < -0.4 is 10.6 Å². The SMILES string of the molecule is CCOC(=O)c1ccc(NC(=O)CN2CCC3(CC2)N=C(c2ccc(Cl)cc2)C(=O)N3)cc1. The molecule has 0 aromatic heterocycles. The van der Waals surface area contributed by atoms with E-state index in [4.69, 9.17) is 21.3 Å². The molecule has 0 bridgehead atoms. The molecule has 1 fully saturated rings. The number of piperidine rings is 1. The number of esters is 1. The number of amides is 2. The Balaban J connectivity index is 1.30. The highest BCUT2D eigenvalue weighted by Gasteiger charge is 2.42. The number of likely N-dealkylation sites (tertiary alicyclic amines) is 1. The molecule has 0 atom stereocenters. The van der Waals surface area contributed by atoms with Gasteiger partial charge in [0.25, 0.3) is 5.91 Å². The van der Waals surface area contributed by atoms with Crippen molar-refractivity contribution in [1.29, 1.82) is 0 Å². The van der Waals surface area contributed by atoms with E-state index in [2.05, 4.69) is 10.6 Å². The van der Waals surface area contributed by atoms with Gasteiger partial charge in [-0.3, -0.25) is 19.5 Å². The molecule has 1 saturated heterocycles. The van der Waals surface area contributed by atoms with Crippen LogP contribution in [0.4, 0.5) is 5.69 Å². The van der Waals surface area contributed by atoms with Crippen molar-refractivity contribution >= 4 is 40.8 Å². The molecule has 33 heavy (non-hydrogen) atoms. The standard InChI is InChI=1S/C24H25ClN4O4/c1-2-33-23(32)17-5-9-19(10-6-17)26-20(30)15-29-13-11-24(12-14-29)27-21(22(31)28-24)16-3-7-18(25)8-4-16/h3-10H,2,11-15H2,1H3,(H,26,30)(H,28,31). The van der Waals surface area contributed by atoms with Gasteiger partial charge in [0.05, 0.1) is 18.7 Å². The molecule has 2 aromatic carbocycles. The Labute approximate surface area is 197 Å². The molecule has 8 nitrogen and oxygen atoms in total. The number of aliphatic imine (C=N–C) groups is 1. The molecule has 2 heterocycles. The number of benzene rings is 2. The number of hydrogen-bond donors (Lipinski definition) is 2. The monoisotopic (exact) mass is 468 g/mol.